The minimum Gasteiger partial charge on any atom is -0.384 e. The largest absolute Gasteiger partial charge is 0.384 e. The third-order valence-electron chi connectivity index (χ3n) is 3.86. The van der Waals surface area contributed by atoms with Gasteiger partial charge in [-0.25, -0.2) is 8.78 Å². The molecule has 0 bridgehead atoms. The van der Waals surface area contributed by atoms with Gasteiger partial charge in [0.25, 0.3) is 0 Å². The first-order valence-corrected chi connectivity index (χ1v) is 7.05. The standard InChI is InChI=1S/C18H15F2N3/c1-2-11-12-5-6-23-17(12)9-16(20)13(11)7-10-3-4-15(19)14(8-10)18(21)22/h2-6,8-9,23H,1,7H2,(H3,21,22). The fourth-order valence-electron chi connectivity index (χ4n) is 2.75. The molecule has 23 heavy (non-hydrogen) atoms. The number of hydrogen-bond acceptors (Lipinski definition) is 1. The summed E-state index contributed by atoms with van der Waals surface area (Å²) in [5.74, 6) is -1.27. The minimum atomic E-state index is -0.563. The lowest BCUT2D eigenvalue weighted by Crippen LogP contribution is -2.13. The lowest BCUT2D eigenvalue weighted by Gasteiger charge is -2.11. The molecule has 5 heteroatoms. The first kappa shape index (κ1) is 15.0. The number of H-pyrrole nitrogens is 1. The maximum atomic E-state index is 14.5. The van der Waals surface area contributed by atoms with Crippen molar-refractivity contribution < 1.29 is 8.78 Å². The van der Waals surface area contributed by atoms with E-state index in [-0.39, 0.29) is 23.6 Å². The number of aromatic nitrogens is 1. The Kier molecular flexibility index (Phi) is 3.70. The van der Waals surface area contributed by atoms with Crippen LogP contribution in [-0.4, -0.2) is 10.8 Å². The number of rotatable bonds is 4. The van der Waals surface area contributed by atoms with Crippen LogP contribution in [0, 0.1) is 17.0 Å². The van der Waals surface area contributed by atoms with E-state index in [1.165, 1.54) is 18.2 Å². The van der Waals surface area contributed by atoms with Gasteiger partial charge >= 0.3 is 0 Å². The molecule has 0 aliphatic rings. The Balaban J connectivity index is 2.11. The number of halogens is 2. The van der Waals surface area contributed by atoms with Gasteiger partial charge in [-0.2, -0.15) is 0 Å². The maximum absolute atomic E-state index is 14.5. The van der Waals surface area contributed by atoms with Crippen molar-refractivity contribution in [1.29, 1.82) is 5.41 Å². The Morgan fingerprint density at radius 2 is 2.00 bits per heavy atom. The Labute approximate surface area is 132 Å². The summed E-state index contributed by atoms with van der Waals surface area (Å²) in [4.78, 5) is 2.98. The van der Waals surface area contributed by atoms with Crippen molar-refractivity contribution in [2.75, 3.05) is 0 Å². The average molecular weight is 311 g/mol. The number of nitrogens with one attached hydrogen (secondary N) is 2. The second kappa shape index (κ2) is 5.68. The summed E-state index contributed by atoms with van der Waals surface area (Å²) in [5, 5.41) is 8.28. The van der Waals surface area contributed by atoms with E-state index in [2.05, 4.69) is 11.6 Å². The van der Waals surface area contributed by atoms with Crippen LogP contribution in [0.3, 0.4) is 0 Å². The Morgan fingerprint density at radius 3 is 2.70 bits per heavy atom. The van der Waals surface area contributed by atoms with Crippen molar-refractivity contribution in [3.8, 4) is 0 Å². The Hall–Kier alpha value is -2.95. The number of nitrogens with two attached hydrogens (primary N) is 1. The van der Waals surface area contributed by atoms with Crippen LogP contribution in [0.4, 0.5) is 8.78 Å². The topological polar surface area (TPSA) is 65.7 Å². The van der Waals surface area contributed by atoms with Crippen molar-refractivity contribution in [1.82, 2.24) is 4.98 Å². The highest BCUT2D eigenvalue weighted by Crippen LogP contribution is 2.28. The van der Waals surface area contributed by atoms with Crippen LogP contribution in [0.1, 0.15) is 22.3 Å². The van der Waals surface area contributed by atoms with E-state index in [0.717, 1.165) is 5.39 Å². The number of fused-ring (bicyclic) bond motifs is 1. The zero-order chi connectivity index (χ0) is 16.6. The van der Waals surface area contributed by atoms with E-state index in [1.54, 1.807) is 18.3 Å². The highest BCUT2D eigenvalue weighted by molar-refractivity contribution is 5.95. The van der Waals surface area contributed by atoms with E-state index < -0.39 is 5.82 Å². The molecule has 0 amide bonds. The first-order chi connectivity index (χ1) is 11.0. The molecule has 3 rings (SSSR count). The van der Waals surface area contributed by atoms with Crippen LogP contribution in [0.2, 0.25) is 0 Å². The average Bonchev–Trinajstić information content (AvgIpc) is 2.97. The molecule has 2 aromatic carbocycles. The van der Waals surface area contributed by atoms with Gasteiger partial charge < -0.3 is 10.7 Å². The predicted octanol–water partition coefficient (Wildman–Crippen LogP) is 3.96. The van der Waals surface area contributed by atoms with Crippen LogP contribution in [0.5, 0.6) is 0 Å². The highest BCUT2D eigenvalue weighted by Gasteiger charge is 2.14. The SMILES string of the molecule is C=Cc1c(Cc2ccc(F)c(C(=N)N)c2)c(F)cc2[nH]ccc12. The fraction of sp³-hybridized carbons (Fsp3) is 0.0556. The van der Waals surface area contributed by atoms with Crippen molar-refractivity contribution in [3.05, 3.63) is 77.0 Å². The van der Waals surface area contributed by atoms with E-state index in [1.807, 2.05) is 6.07 Å². The second-order valence-electron chi connectivity index (χ2n) is 5.30. The molecule has 0 saturated carbocycles. The van der Waals surface area contributed by atoms with E-state index in [0.29, 0.717) is 22.2 Å². The Morgan fingerprint density at radius 1 is 1.22 bits per heavy atom. The van der Waals surface area contributed by atoms with Gasteiger partial charge in [0.15, 0.2) is 0 Å². The number of amidine groups is 1. The van der Waals surface area contributed by atoms with Gasteiger partial charge in [-0.3, -0.25) is 5.41 Å². The van der Waals surface area contributed by atoms with Crippen LogP contribution < -0.4 is 5.73 Å². The molecule has 116 valence electrons. The molecule has 0 spiro atoms. The molecule has 0 unspecified atom stereocenters. The molecule has 0 aliphatic carbocycles. The lowest BCUT2D eigenvalue weighted by atomic mass is 9.95. The molecule has 3 aromatic rings. The minimum absolute atomic E-state index is 0.0192. The molecule has 1 heterocycles. The number of hydrogen-bond donors (Lipinski definition) is 3. The summed E-state index contributed by atoms with van der Waals surface area (Å²) in [6, 6.07) is 7.58. The number of benzene rings is 2. The lowest BCUT2D eigenvalue weighted by molar-refractivity contribution is 0.614. The maximum Gasteiger partial charge on any atom is 0.134 e. The van der Waals surface area contributed by atoms with Gasteiger partial charge in [-0.15, -0.1) is 0 Å². The van der Waals surface area contributed by atoms with Crippen molar-refractivity contribution in [3.63, 3.8) is 0 Å². The van der Waals surface area contributed by atoms with Gasteiger partial charge in [-0.1, -0.05) is 18.7 Å². The van der Waals surface area contributed by atoms with Crippen LogP contribution in [0.15, 0.2) is 43.1 Å². The first-order valence-electron chi connectivity index (χ1n) is 7.05. The number of aromatic amines is 1. The molecule has 0 radical (unpaired) electrons. The molecular formula is C18H15F2N3. The van der Waals surface area contributed by atoms with Crippen molar-refractivity contribution >= 4 is 22.8 Å². The third-order valence-corrected chi connectivity index (χ3v) is 3.86. The summed E-state index contributed by atoms with van der Waals surface area (Å²) >= 11 is 0. The number of nitrogen functional groups attached to an aromatic ring is 1. The van der Waals surface area contributed by atoms with Gasteiger partial charge in [0.1, 0.15) is 17.5 Å². The van der Waals surface area contributed by atoms with Gasteiger partial charge in [0.05, 0.1) is 5.56 Å². The monoisotopic (exact) mass is 311 g/mol. The second-order valence-corrected chi connectivity index (χ2v) is 5.30. The molecule has 0 atom stereocenters. The molecule has 3 nitrogen and oxygen atoms in total. The van der Waals surface area contributed by atoms with Crippen LogP contribution >= 0.6 is 0 Å². The zero-order valence-electron chi connectivity index (χ0n) is 12.3. The normalized spacial score (nSPS) is 10.9. The van der Waals surface area contributed by atoms with Crippen LogP contribution in [-0.2, 0) is 6.42 Å². The molecule has 0 fully saturated rings. The third kappa shape index (κ3) is 2.61. The van der Waals surface area contributed by atoms with Gasteiger partial charge in [0.2, 0.25) is 0 Å². The van der Waals surface area contributed by atoms with E-state index >= 15 is 0 Å². The van der Waals surface area contributed by atoms with Crippen LogP contribution in [0.25, 0.3) is 17.0 Å². The van der Waals surface area contributed by atoms with Gasteiger partial charge in [-0.05, 0) is 35.4 Å². The summed E-state index contributed by atoms with van der Waals surface area (Å²) in [5.41, 5.74) is 7.95. The fourth-order valence-corrected chi connectivity index (χ4v) is 2.75. The Bertz CT molecular complexity index is 925. The molecular weight excluding hydrogens is 296 g/mol. The van der Waals surface area contributed by atoms with Gasteiger partial charge in [0, 0.05) is 29.1 Å². The molecule has 1 aromatic heterocycles. The zero-order valence-corrected chi connectivity index (χ0v) is 12.3. The summed E-state index contributed by atoms with van der Waals surface area (Å²) in [7, 11) is 0. The van der Waals surface area contributed by atoms with E-state index in [9.17, 15) is 8.78 Å². The molecule has 0 aliphatic heterocycles. The smallest absolute Gasteiger partial charge is 0.134 e. The van der Waals surface area contributed by atoms with Crippen molar-refractivity contribution in [2.24, 2.45) is 5.73 Å². The highest BCUT2D eigenvalue weighted by atomic mass is 19.1. The van der Waals surface area contributed by atoms with Crippen molar-refractivity contribution in [2.45, 2.75) is 6.42 Å². The summed E-state index contributed by atoms with van der Waals surface area (Å²) in [6.45, 7) is 3.77. The predicted molar refractivity (Wildman–Crippen MR) is 88.6 cm³/mol. The van der Waals surface area contributed by atoms with E-state index in [4.69, 9.17) is 11.1 Å². The molecule has 0 saturated heterocycles. The molecule has 4 N–H and O–H groups in total. The quantitative estimate of drug-likeness (QED) is 0.495. The summed E-state index contributed by atoms with van der Waals surface area (Å²) in [6.07, 6.45) is 3.62. The summed E-state index contributed by atoms with van der Waals surface area (Å²) < 4.78 is 28.1.